The number of unbranched alkanes of at least 4 members (excludes halogenated alkanes) is 11. The van der Waals surface area contributed by atoms with Crippen LogP contribution < -0.4 is 0 Å². The van der Waals surface area contributed by atoms with Gasteiger partial charge in [-0.25, -0.2) is 4.57 Å². The van der Waals surface area contributed by atoms with Gasteiger partial charge in [0.05, 0.1) is 6.61 Å². The van der Waals surface area contributed by atoms with E-state index >= 15 is 0 Å². The van der Waals surface area contributed by atoms with E-state index in [0.717, 1.165) is 70.6 Å². The van der Waals surface area contributed by atoms with Crippen molar-refractivity contribution in [1.82, 2.24) is 0 Å². The third-order valence-electron chi connectivity index (χ3n) is 9.78. The lowest BCUT2D eigenvalue weighted by molar-refractivity contribution is -0.220. The summed E-state index contributed by atoms with van der Waals surface area (Å²) in [5.41, 5.74) is 0. The van der Waals surface area contributed by atoms with Gasteiger partial charge in [-0.05, 0) is 77.0 Å². The zero-order chi connectivity index (χ0) is 44.3. The molecule has 14 heteroatoms. The Morgan fingerprint density at radius 3 is 1.52 bits per heavy atom. The third-order valence-corrected chi connectivity index (χ3v) is 10.8. The summed E-state index contributed by atoms with van der Waals surface area (Å²) in [5.74, 6) is -1.18. The van der Waals surface area contributed by atoms with Crippen LogP contribution >= 0.6 is 7.82 Å². The highest BCUT2D eigenvalue weighted by Gasteiger charge is 2.51. The molecule has 344 valence electrons. The Labute approximate surface area is 359 Å². The van der Waals surface area contributed by atoms with Gasteiger partial charge >= 0.3 is 19.8 Å². The van der Waals surface area contributed by atoms with Crippen molar-refractivity contribution in [1.29, 1.82) is 0 Å². The SMILES string of the molecule is CC/C=C\C/C=C\C/C=C\C/C=C\C/C=C\CCCC(=O)OC[C@H](COP(=O)(O)OC1C(O)C(O)C(O)[C@@H](O)C1O)OC(=O)CCCCCCC/C=C\CCCCCCC. The van der Waals surface area contributed by atoms with Gasteiger partial charge in [-0.2, -0.15) is 0 Å². The van der Waals surface area contributed by atoms with Crippen LogP contribution in [0.5, 0.6) is 0 Å². The molecule has 1 rings (SSSR count). The first-order chi connectivity index (χ1) is 28.9. The molecule has 0 amide bonds. The van der Waals surface area contributed by atoms with Gasteiger partial charge in [-0.3, -0.25) is 18.6 Å². The van der Waals surface area contributed by atoms with Crippen LogP contribution in [0.4, 0.5) is 0 Å². The molecule has 0 aromatic heterocycles. The summed E-state index contributed by atoms with van der Waals surface area (Å²) >= 11 is 0. The minimum Gasteiger partial charge on any atom is -0.462 e. The summed E-state index contributed by atoms with van der Waals surface area (Å²) in [7, 11) is -5.13. The van der Waals surface area contributed by atoms with E-state index in [1.165, 1.54) is 32.1 Å². The first-order valence-electron chi connectivity index (χ1n) is 22.2. The molecule has 1 saturated carbocycles. The summed E-state index contributed by atoms with van der Waals surface area (Å²) in [4.78, 5) is 35.6. The van der Waals surface area contributed by atoms with Gasteiger partial charge in [0.2, 0.25) is 0 Å². The topological polar surface area (TPSA) is 210 Å². The summed E-state index contributed by atoms with van der Waals surface area (Å²) in [6.45, 7) is 3.10. The second-order valence-electron chi connectivity index (χ2n) is 15.2. The van der Waals surface area contributed by atoms with Crippen molar-refractivity contribution < 1.29 is 63.1 Å². The fourth-order valence-electron chi connectivity index (χ4n) is 6.20. The van der Waals surface area contributed by atoms with E-state index in [1.807, 2.05) is 12.2 Å². The summed E-state index contributed by atoms with van der Waals surface area (Å²) in [5, 5.41) is 50.1. The van der Waals surface area contributed by atoms with Crippen LogP contribution in [0, 0.1) is 0 Å². The maximum atomic E-state index is 12.8. The average molecular weight is 869 g/mol. The fourth-order valence-corrected chi connectivity index (χ4v) is 7.17. The van der Waals surface area contributed by atoms with Crippen LogP contribution in [0.15, 0.2) is 72.9 Å². The van der Waals surface area contributed by atoms with E-state index in [4.69, 9.17) is 18.5 Å². The molecule has 0 bridgehead atoms. The molecule has 0 saturated heterocycles. The lowest BCUT2D eigenvalue weighted by Gasteiger charge is -2.41. The molecular weight excluding hydrogens is 791 g/mol. The predicted molar refractivity (Wildman–Crippen MR) is 235 cm³/mol. The maximum Gasteiger partial charge on any atom is 0.472 e. The van der Waals surface area contributed by atoms with Crippen LogP contribution in [-0.2, 0) is 32.7 Å². The molecule has 1 aliphatic rings. The molecule has 0 radical (unpaired) electrons. The largest absolute Gasteiger partial charge is 0.472 e. The van der Waals surface area contributed by atoms with E-state index in [1.54, 1.807) is 0 Å². The van der Waals surface area contributed by atoms with Gasteiger partial charge in [-0.15, -0.1) is 0 Å². The third kappa shape index (κ3) is 28.0. The van der Waals surface area contributed by atoms with Crippen LogP contribution in [0.25, 0.3) is 0 Å². The molecule has 0 aromatic rings. The minimum atomic E-state index is -5.13. The van der Waals surface area contributed by atoms with Gasteiger partial charge in [0.15, 0.2) is 6.10 Å². The second kappa shape index (κ2) is 35.8. The predicted octanol–water partition coefficient (Wildman–Crippen LogP) is 8.33. The van der Waals surface area contributed by atoms with Gasteiger partial charge in [0.25, 0.3) is 0 Å². The van der Waals surface area contributed by atoms with Crippen molar-refractivity contribution in [2.24, 2.45) is 0 Å². The smallest absolute Gasteiger partial charge is 0.462 e. The van der Waals surface area contributed by atoms with Crippen molar-refractivity contribution in [3.8, 4) is 0 Å². The Bertz CT molecular complexity index is 1330. The van der Waals surface area contributed by atoms with E-state index < -0.39 is 75.7 Å². The number of rotatable bonds is 35. The number of aliphatic hydroxyl groups excluding tert-OH is 5. The summed E-state index contributed by atoms with van der Waals surface area (Å²) in [6.07, 6.45) is 31.1. The summed E-state index contributed by atoms with van der Waals surface area (Å²) in [6, 6.07) is 0. The molecule has 6 N–H and O–H groups in total. The average Bonchev–Trinajstić information content (AvgIpc) is 3.23. The van der Waals surface area contributed by atoms with E-state index in [2.05, 4.69) is 74.6 Å². The Hall–Kier alpha value is -2.71. The number of aliphatic hydroxyl groups is 5. The minimum absolute atomic E-state index is 0.0709. The summed E-state index contributed by atoms with van der Waals surface area (Å²) < 4.78 is 33.4. The normalized spacial score (nSPS) is 22.9. The lowest BCUT2D eigenvalue weighted by atomic mass is 9.85. The van der Waals surface area contributed by atoms with Crippen molar-refractivity contribution in [2.75, 3.05) is 13.2 Å². The first-order valence-corrected chi connectivity index (χ1v) is 23.7. The van der Waals surface area contributed by atoms with Crippen molar-refractivity contribution >= 4 is 19.8 Å². The maximum absolute atomic E-state index is 12.8. The van der Waals surface area contributed by atoms with Crippen LogP contribution in [0.1, 0.15) is 149 Å². The van der Waals surface area contributed by atoms with Crippen molar-refractivity contribution in [3.63, 3.8) is 0 Å². The molecule has 8 atom stereocenters. The number of phosphoric ester groups is 1. The number of ether oxygens (including phenoxy) is 2. The zero-order valence-corrected chi connectivity index (χ0v) is 37.1. The second-order valence-corrected chi connectivity index (χ2v) is 16.6. The van der Waals surface area contributed by atoms with E-state index in [0.29, 0.717) is 19.3 Å². The van der Waals surface area contributed by atoms with E-state index in [-0.39, 0.29) is 12.8 Å². The van der Waals surface area contributed by atoms with Gasteiger partial charge < -0.3 is 39.9 Å². The molecule has 0 aliphatic heterocycles. The van der Waals surface area contributed by atoms with Gasteiger partial charge in [0, 0.05) is 12.8 Å². The zero-order valence-electron chi connectivity index (χ0n) is 36.2. The van der Waals surface area contributed by atoms with Crippen molar-refractivity contribution in [2.45, 2.75) is 191 Å². The fraction of sp³-hybridized carbons (Fsp3) is 0.696. The highest BCUT2D eigenvalue weighted by atomic mass is 31.2. The molecule has 6 unspecified atom stereocenters. The van der Waals surface area contributed by atoms with E-state index in [9.17, 15) is 44.6 Å². The number of esters is 2. The molecule has 0 heterocycles. The molecule has 1 aliphatic carbocycles. The number of carbonyl (C=O) groups is 2. The van der Waals surface area contributed by atoms with Crippen LogP contribution in [-0.4, -0.2) is 98.3 Å². The monoisotopic (exact) mass is 869 g/mol. The Morgan fingerprint density at radius 1 is 0.533 bits per heavy atom. The highest BCUT2D eigenvalue weighted by molar-refractivity contribution is 7.47. The number of carbonyl (C=O) groups excluding carboxylic acids is 2. The van der Waals surface area contributed by atoms with Crippen LogP contribution in [0.3, 0.4) is 0 Å². The molecule has 0 aromatic carbocycles. The molecule has 13 nitrogen and oxygen atoms in total. The molecular formula is C46H77O13P. The molecule has 60 heavy (non-hydrogen) atoms. The highest BCUT2D eigenvalue weighted by Crippen LogP contribution is 2.47. The Morgan fingerprint density at radius 2 is 0.967 bits per heavy atom. The van der Waals surface area contributed by atoms with Gasteiger partial charge in [0.1, 0.15) is 43.2 Å². The number of phosphoric acid groups is 1. The van der Waals surface area contributed by atoms with Gasteiger partial charge in [-0.1, -0.05) is 132 Å². The Balaban J connectivity index is 2.53. The quantitative estimate of drug-likeness (QED) is 0.0153. The van der Waals surface area contributed by atoms with Crippen LogP contribution in [0.2, 0.25) is 0 Å². The number of hydrogen-bond donors (Lipinski definition) is 6. The standard InChI is InChI=1S/C46H77O13P/c1-3-5-7-9-11-13-15-17-19-20-21-23-24-26-28-30-32-34-39(47)56-36-38(37-57-60(54,55)59-46-44(52)42(50)41(49)43(51)45(46)53)58-40(48)35-33-31-29-27-25-22-18-16-14-12-10-8-6-4-2/h5,7,11,13,16-19,21,23,26,28,38,41-46,49-53H,3-4,6,8-10,12,14-15,20,22,24-25,27,29-37H2,1-2H3,(H,54,55)/b7-5-,13-11-,18-16-,19-17-,23-21-,28-26-/t38-,41?,42-,43?,44?,45?,46?/m1/s1. The van der Waals surface area contributed by atoms with Crippen molar-refractivity contribution in [3.05, 3.63) is 72.9 Å². The number of hydrogen-bond acceptors (Lipinski definition) is 12. The Kier molecular flexibility index (Phi) is 33.0. The molecule has 1 fully saturated rings. The molecule has 0 spiro atoms. The number of allylic oxidation sites excluding steroid dienone is 12. The first kappa shape index (κ1) is 55.3. The lowest BCUT2D eigenvalue weighted by Crippen LogP contribution is -2.64.